The van der Waals surface area contributed by atoms with Crippen LogP contribution in [0.15, 0.2) is 29.4 Å². The quantitative estimate of drug-likeness (QED) is 0.650. The predicted octanol–water partition coefficient (Wildman–Crippen LogP) is 0.623. The highest BCUT2D eigenvalue weighted by Gasteiger charge is 2.30. The normalized spacial score (nSPS) is 20.4. The van der Waals surface area contributed by atoms with Gasteiger partial charge in [0.2, 0.25) is 0 Å². The van der Waals surface area contributed by atoms with E-state index in [-0.39, 0.29) is 11.8 Å². The van der Waals surface area contributed by atoms with Gasteiger partial charge in [-0.25, -0.2) is 4.99 Å². The molecule has 1 aromatic heterocycles. The van der Waals surface area contributed by atoms with Gasteiger partial charge in [-0.2, -0.15) is 0 Å². The van der Waals surface area contributed by atoms with E-state index in [9.17, 15) is 4.79 Å². The summed E-state index contributed by atoms with van der Waals surface area (Å²) in [5, 5.41) is 3.36. The molecule has 1 atom stereocenters. The Balaban J connectivity index is 1.70. The minimum Gasteiger partial charge on any atom is -0.340 e. The molecule has 6 heteroatoms. The Morgan fingerprint density at radius 2 is 2.21 bits per heavy atom. The van der Waals surface area contributed by atoms with Gasteiger partial charge in [-0.1, -0.05) is 12.0 Å². The van der Waals surface area contributed by atoms with Crippen molar-refractivity contribution in [3.63, 3.8) is 0 Å². The fourth-order valence-corrected chi connectivity index (χ4v) is 3.03. The molecule has 0 amide bonds. The average Bonchev–Trinajstić information content (AvgIpc) is 3.04. The number of piperazine rings is 1. The monoisotopic (exact) mass is 325 g/mol. The maximum Gasteiger partial charge on any atom is 0.197 e. The summed E-state index contributed by atoms with van der Waals surface area (Å²) in [6.07, 6.45) is 2.04. The molecule has 3 rings (SSSR count). The first-order valence-corrected chi connectivity index (χ1v) is 8.40. The molecule has 1 unspecified atom stereocenters. The van der Waals surface area contributed by atoms with Crippen molar-refractivity contribution in [2.75, 3.05) is 39.3 Å². The molecule has 1 fully saturated rings. The van der Waals surface area contributed by atoms with Crippen molar-refractivity contribution in [1.29, 1.82) is 0 Å². The zero-order valence-corrected chi connectivity index (χ0v) is 14.0. The lowest BCUT2D eigenvalue weighted by Crippen LogP contribution is -2.51. The highest BCUT2D eigenvalue weighted by atomic mass is 16.1. The Morgan fingerprint density at radius 1 is 1.38 bits per heavy atom. The zero-order chi connectivity index (χ0) is 16.8. The largest absolute Gasteiger partial charge is 0.340 e. The van der Waals surface area contributed by atoms with Crippen LogP contribution in [0.3, 0.4) is 0 Å². The zero-order valence-electron chi connectivity index (χ0n) is 14.0. The number of ketones is 1. The Bertz CT molecular complexity index is 655. The lowest BCUT2D eigenvalue weighted by molar-refractivity contribution is 0.0969. The summed E-state index contributed by atoms with van der Waals surface area (Å²) in [6, 6.07) is 5.40. The first kappa shape index (κ1) is 16.5. The van der Waals surface area contributed by atoms with Crippen LogP contribution in [-0.2, 0) is 0 Å². The minimum atomic E-state index is -0.0250. The number of nitrogens with one attached hydrogen (secondary N) is 1. The van der Waals surface area contributed by atoms with Crippen molar-refractivity contribution in [3.8, 4) is 11.8 Å². The molecule has 1 N–H and O–H groups in total. The molecule has 126 valence electrons. The highest BCUT2D eigenvalue weighted by molar-refractivity contribution is 5.95. The summed E-state index contributed by atoms with van der Waals surface area (Å²) < 4.78 is 0. The molecule has 3 heterocycles. The molecule has 24 heavy (non-hydrogen) atoms. The van der Waals surface area contributed by atoms with Gasteiger partial charge in [-0.05, 0) is 19.1 Å². The third kappa shape index (κ3) is 3.92. The number of rotatable bonds is 4. The van der Waals surface area contributed by atoms with Crippen LogP contribution in [0, 0.1) is 11.8 Å². The molecule has 0 radical (unpaired) electrons. The molecule has 2 aliphatic rings. The van der Waals surface area contributed by atoms with Gasteiger partial charge in [0, 0.05) is 45.3 Å². The SMILES string of the molecule is CC#CCN1CC(CC(=O)c2ccccn2)N=C1N1CCNCC1. The molecule has 0 aliphatic carbocycles. The first-order valence-electron chi connectivity index (χ1n) is 8.40. The lowest BCUT2D eigenvalue weighted by atomic mass is 10.1. The summed E-state index contributed by atoms with van der Waals surface area (Å²) in [4.78, 5) is 25.9. The molecular weight excluding hydrogens is 302 g/mol. The molecule has 0 aromatic carbocycles. The van der Waals surface area contributed by atoms with E-state index in [0.29, 0.717) is 18.7 Å². The van der Waals surface area contributed by atoms with Crippen LogP contribution in [0.4, 0.5) is 0 Å². The predicted molar refractivity (Wildman–Crippen MR) is 93.9 cm³/mol. The number of aromatic nitrogens is 1. The maximum atomic E-state index is 12.4. The van der Waals surface area contributed by atoms with Gasteiger partial charge in [-0.3, -0.25) is 9.78 Å². The summed E-state index contributed by atoms with van der Waals surface area (Å²) in [5.74, 6) is 7.10. The van der Waals surface area contributed by atoms with Crippen LogP contribution in [0.2, 0.25) is 0 Å². The number of hydrogen-bond acceptors (Lipinski definition) is 6. The number of hydrogen-bond donors (Lipinski definition) is 1. The molecule has 1 aromatic rings. The number of carbonyl (C=O) groups is 1. The van der Waals surface area contributed by atoms with E-state index < -0.39 is 0 Å². The Labute approximate surface area is 143 Å². The van der Waals surface area contributed by atoms with E-state index in [0.717, 1.165) is 38.7 Å². The minimum absolute atomic E-state index is 0.0250. The van der Waals surface area contributed by atoms with E-state index in [1.165, 1.54) is 0 Å². The van der Waals surface area contributed by atoms with E-state index >= 15 is 0 Å². The van der Waals surface area contributed by atoms with Gasteiger partial charge in [0.05, 0.1) is 12.6 Å². The molecule has 2 aliphatic heterocycles. The fraction of sp³-hybridized carbons (Fsp3) is 0.500. The van der Waals surface area contributed by atoms with Crippen molar-refractivity contribution in [1.82, 2.24) is 20.1 Å². The molecule has 0 bridgehead atoms. The van der Waals surface area contributed by atoms with E-state index in [2.05, 4.69) is 31.9 Å². The van der Waals surface area contributed by atoms with Gasteiger partial charge in [-0.15, -0.1) is 5.92 Å². The third-order valence-electron chi connectivity index (χ3n) is 4.23. The van der Waals surface area contributed by atoms with E-state index in [4.69, 9.17) is 4.99 Å². The van der Waals surface area contributed by atoms with Crippen molar-refractivity contribution in [3.05, 3.63) is 30.1 Å². The number of nitrogens with zero attached hydrogens (tertiary/aromatic N) is 4. The topological polar surface area (TPSA) is 60.8 Å². The Hall–Kier alpha value is -2.39. The number of guanidine groups is 1. The first-order chi connectivity index (χ1) is 11.8. The second-order valence-electron chi connectivity index (χ2n) is 5.97. The molecule has 1 saturated heterocycles. The van der Waals surface area contributed by atoms with Crippen LogP contribution in [0.5, 0.6) is 0 Å². The second-order valence-corrected chi connectivity index (χ2v) is 5.97. The van der Waals surface area contributed by atoms with Crippen LogP contribution in [-0.4, -0.2) is 71.8 Å². The van der Waals surface area contributed by atoms with Crippen molar-refractivity contribution in [2.45, 2.75) is 19.4 Å². The van der Waals surface area contributed by atoms with Crippen LogP contribution in [0.1, 0.15) is 23.8 Å². The number of carbonyl (C=O) groups excluding carboxylic acids is 1. The number of Topliss-reactive ketones (excluding diaryl/α,β-unsaturated/α-hetero) is 1. The van der Waals surface area contributed by atoms with Crippen LogP contribution >= 0.6 is 0 Å². The van der Waals surface area contributed by atoms with E-state index in [1.807, 2.05) is 19.1 Å². The molecule has 0 spiro atoms. The van der Waals surface area contributed by atoms with E-state index in [1.54, 1.807) is 12.3 Å². The van der Waals surface area contributed by atoms with Gasteiger partial charge < -0.3 is 15.1 Å². The standard InChI is InChI=1S/C18H23N5O/c1-2-3-10-23-14-15(13-17(24)16-6-4-5-7-20-16)21-18(23)22-11-8-19-9-12-22/h4-7,15,19H,8-14H2,1H3. The van der Waals surface area contributed by atoms with Gasteiger partial charge >= 0.3 is 0 Å². The Morgan fingerprint density at radius 3 is 2.92 bits per heavy atom. The van der Waals surface area contributed by atoms with Crippen molar-refractivity contribution in [2.24, 2.45) is 4.99 Å². The average molecular weight is 325 g/mol. The molecular formula is C18H23N5O. The van der Waals surface area contributed by atoms with Crippen molar-refractivity contribution < 1.29 is 4.79 Å². The summed E-state index contributed by atoms with van der Waals surface area (Å²) in [5.41, 5.74) is 0.517. The van der Waals surface area contributed by atoms with Crippen LogP contribution < -0.4 is 5.32 Å². The molecule has 6 nitrogen and oxygen atoms in total. The summed E-state index contributed by atoms with van der Waals surface area (Å²) in [6.45, 7) is 7.05. The van der Waals surface area contributed by atoms with Gasteiger partial charge in [0.25, 0.3) is 0 Å². The number of aliphatic imine (C=N–C) groups is 1. The second kappa shape index (κ2) is 7.93. The fourth-order valence-electron chi connectivity index (χ4n) is 3.03. The highest BCUT2D eigenvalue weighted by Crippen LogP contribution is 2.17. The van der Waals surface area contributed by atoms with Gasteiger partial charge in [0.15, 0.2) is 11.7 Å². The van der Waals surface area contributed by atoms with Crippen molar-refractivity contribution >= 4 is 11.7 Å². The summed E-state index contributed by atoms with van der Waals surface area (Å²) in [7, 11) is 0. The maximum absolute atomic E-state index is 12.4. The van der Waals surface area contributed by atoms with Crippen LogP contribution in [0.25, 0.3) is 0 Å². The lowest BCUT2D eigenvalue weighted by Gasteiger charge is -2.33. The summed E-state index contributed by atoms with van der Waals surface area (Å²) >= 11 is 0. The van der Waals surface area contributed by atoms with Gasteiger partial charge in [0.1, 0.15) is 5.69 Å². The number of pyridine rings is 1. The Kier molecular flexibility index (Phi) is 5.44. The smallest absolute Gasteiger partial charge is 0.197 e. The third-order valence-corrected chi connectivity index (χ3v) is 4.23. The molecule has 0 saturated carbocycles.